The van der Waals surface area contributed by atoms with Crippen LogP contribution in [-0.2, 0) is 6.42 Å². The predicted molar refractivity (Wildman–Crippen MR) is 79.6 cm³/mol. The van der Waals surface area contributed by atoms with Crippen LogP contribution in [-0.4, -0.2) is 30.9 Å². The van der Waals surface area contributed by atoms with Gasteiger partial charge in [-0.3, -0.25) is 0 Å². The molecule has 1 unspecified atom stereocenters. The lowest BCUT2D eigenvalue weighted by atomic mass is 9.97. The minimum Gasteiger partial charge on any atom is -0.491 e. The van der Waals surface area contributed by atoms with Crippen LogP contribution in [0.5, 0.6) is 5.75 Å². The molecule has 3 heteroatoms. The summed E-state index contributed by atoms with van der Waals surface area (Å²) in [7, 11) is 0. The van der Waals surface area contributed by atoms with Gasteiger partial charge in [-0.25, -0.2) is 0 Å². The summed E-state index contributed by atoms with van der Waals surface area (Å²) in [5, 5.41) is 13.1. The third-order valence-electron chi connectivity index (χ3n) is 2.78. The number of hydrogen-bond acceptors (Lipinski definition) is 3. The Morgan fingerprint density at radius 1 is 1.32 bits per heavy atom. The first kappa shape index (κ1) is 16.0. The summed E-state index contributed by atoms with van der Waals surface area (Å²) < 4.78 is 5.60. The minimum atomic E-state index is -0.479. The standard InChI is InChI=1S/C16H27NO2/c1-5-13-7-6-8-15(9-13)19-11-14(18)10-17-12-16(2,3)4/h6-9,14,17-18H,5,10-12H2,1-4H3. The summed E-state index contributed by atoms with van der Waals surface area (Å²) in [5.74, 6) is 0.828. The van der Waals surface area contributed by atoms with Gasteiger partial charge in [0, 0.05) is 13.1 Å². The van der Waals surface area contributed by atoms with Gasteiger partial charge in [0.1, 0.15) is 18.5 Å². The fourth-order valence-corrected chi connectivity index (χ4v) is 1.72. The fourth-order valence-electron chi connectivity index (χ4n) is 1.72. The zero-order valence-electron chi connectivity index (χ0n) is 12.6. The van der Waals surface area contributed by atoms with Gasteiger partial charge in [-0.05, 0) is 29.5 Å². The average Bonchev–Trinajstić information content (AvgIpc) is 2.35. The molecule has 0 radical (unpaired) electrons. The second-order valence-electron chi connectivity index (χ2n) is 6.16. The molecular weight excluding hydrogens is 238 g/mol. The van der Waals surface area contributed by atoms with Crippen molar-refractivity contribution in [2.75, 3.05) is 19.7 Å². The Labute approximate surface area is 117 Å². The van der Waals surface area contributed by atoms with E-state index in [2.05, 4.69) is 39.1 Å². The maximum atomic E-state index is 9.85. The lowest BCUT2D eigenvalue weighted by Gasteiger charge is -2.20. The summed E-state index contributed by atoms with van der Waals surface area (Å²) in [6.07, 6.45) is 0.514. The molecule has 3 nitrogen and oxygen atoms in total. The highest BCUT2D eigenvalue weighted by Crippen LogP contribution is 2.14. The van der Waals surface area contributed by atoms with Gasteiger partial charge >= 0.3 is 0 Å². The fraction of sp³-hybridized carbons (Fsp3) is 0.625. The number of rotatable bonds is 7. The van der Waals surface area contributed by atoms with E-state index in [1.807, 2.05) is 18.2 Å². The Kier molecular flexibility index (Phi) is 6.32. The van der Waals surface area contributed by atoms with Crippen molar-refractivity contribution in [3.05, 3.63) is 29.8 Å². The largest absolute Gasteiger partial charge is 0.491 e. The molecule has 0 aromatic heterocycles. The monoisotopic (exact) mass is 265 g/mol. The third kappa shape index (κ3) is 7.19. The first-order chi connectivity index (χ1) is 8.90. The van der Waals surface area contributed by atoms with E-state index >= 15 is 0 Å². The summed E-state index contributed by atoms with van der Waals surface area (Å²) >= 11 is 0. The van der Waals surface area contributed by atoms with Gasteiger partial charge in [0.05, 0.1) is 0 Å². The Bertz CT molecular complexity index is 371. The molecule has 0 fully saturated rings. The number of ether oxygens (including phenoxy) is 1. The second-order valence-corrected chi connectivity index (χ2v) is 6.16. The summed E-state index contributed by atoms with van der Waals surface area (Å²) in [4.78, 5) is 0. The van der Waals surface area contributed by atoms with Crippen molar-refractivity contribution in [2.45, 2.75) is 40.2 Å². The molecule has 1 aromatic rings. The molecule has 0 saturated carbocycles. The van der Waals surface area contributed by atoms with Crippen LogP contribution in [0.4, 0.5) is 0 Å². The van der Waals surface area contributed by atoms with Crippen molar-refractivity contribution < 1.29 is 9.84 Å². The first-order valence-electron chi connectivity index (χ1n) is 7.01. The number of aryl methyl sites for hydroxylation is 1. The Morgan fingerprint density at radius 2 is 2.05 bits per heavy atom. The second kappa shape index (κ2) is 7.51. The van der Waals surface area contributed by atoms with E-state index in [1.54, 1.807) is 0 Å². The van der Waals surface area contributed by atoms with Gasteiger partial charge in [0.2, 0.25) is 0 Å². The lowest BCUT2D eigenvalue weighted by molar-refractivity contribution is 0.104. The maximum absolute atomic E-state index is 9.85. The predicted octanol–water partition coefficient (Wildman–Crippen LogP) is 2.62. The highest BCUT2D eigenvalue weighted by atomic mass is 16.5. The SMILES string of the molecule is CCc1cccc(OCC(O)CNCC(C)(C)C)c1. The number of aliphatic hydroxyl groups excluding tert-OH is 1. The van der Waals surface area contributed by atoms with Gasteiger partial charge < -0.3 is 15.2 Å². The molecule has 19 heavy (non-hydrogen) atoms. The van der Waals surface area contributed by atoms with Crippen LogP contribution in [0, 0.1) is 5.41 Å². The number of benzene rings is 1. The average molecular weight is 265 g/mol. The smallest absolute Gasteiger partial charge is 0.119 e. The molecule has 0 aliphatic heterocycles. The molecule has 0 saturated heterocycles. The van der Waals surface area contributed by atoms with Gasteiger partial charge in [-0.1, -0.05) is 39.8 Å². The molecule has 1 rings (SSSR count). The van der Waals surface area contributed by atoms with Gasteiger partial charge in [0.25, 0.3) is 0 Å². The molecule has 0 spiro atoms. The van der Waals surface area contributed by atoms with Crippen LogP contribution in [0.1, 0.15) is 33.3 Å². The Balaban J connectivity index is 2.27. The normalized spacial score (nSPS) is 13.3. The molecule has 2 N–H and O–H groups in total. The zero-order chi connectivity index (χ0) is 14.3. The molecule has 0 aliphatic rings. The van der Waals surface area contributed by atoms with E-state index in [1.165, 1.54) is 5.56 Å². The van der Waals surface area contributed by atoms with Crippen LogP contribution >= 0.6 is 0 Å². The molecule has 0 bridgehead atoms. The highest BCUT2D eigenvalue weighted by molar-refractivity contribution is 5.28. The van der Waals surface area contributed by atoms with Crippen LogP contribution in [0.25, 0.3) is 0 Å². The Hall–Kier alpha value is -1.06. The number of nitrogens with one attached hydrogen (secondary N) is 1. The van der Waals surface area contributed by atoms with Crippen molar-refractivity contribution in [3.63, 3.8) is 0 Å². The maximum Gasteiger partial charge on any atom is 0.119 e. The van der Waals surface area contributed by atoms with Crippen molar-refractivity contribution in [2.24, 2.45) is 5.41 Å². The van der Waals surface area contributed by atoms with Gasteiger partial charge in [-0.2, -0.15) is 0 Å². The number of aliphatic hydroxyl groups is 1. The molecule has 0 amide bonds. The zero-order valence-corrected chi connectivity index (χ0v) is 12.6. The summed E-state index contributed by atoms with van der Waals surface area (Å²) in [6, 6.07) is 8.01. The topological polar surface area (TPSA) is 41.5 Å². The van der Waals surface area contributed by atoms with E-state index in [4.69, 9.17) is 4.74 Å². The first-order valence-corrected chi connectivity index (χ1v) is 7.01. The van der Waals surface area contributed by atoms with Crippen molar-refractivity contribution in [1.82, 2.24) is 5.32 Å². The van der Waals surface area contributed by atoms with Crippen molar-refractivity contribution in [1.29, 1.82) is 0 Å². The van der Waals surface area contributed by atoms with E-state index < -0.39 is 6.10 Å². The van der Waals surface area contributed by atoms with Gasteiger partial charge in [0.15, 0.2) is 0 Å². The van der Waals surface area contributed by atoms with Crippen molar-refractivity contribution in [3.8, 4) is 5.75 Å². The van der Waals surface area contributed by atoms with Crippen molar-refractivity contribution >= 4 is 0 Å². The molecule has 0 heterocycles. The molecule has 0 aliphatic carbocycles. The molecular formula is C16H27NO2. The molecule has 1 aromatic carbocycles. The third-order valence-corrected chi connectivity index (χ3v) is 2.78. The molecule has 108 valence electrons. The van der Waals surface area contributed by atoms with E-state index in [9.17, 15) is 5.11 Å². The quantitative estimate of drug-likeness (QED) is 0.796. The minimum absolute atomic E-state index is 0.232. The van der Waals surface area contributed by atoms with E-state index in [-0.39, 0.29) is 5.41 Å². The molecule has 1 atom stereocenters. The van der Waals surface area contributed by atoms with Gasteiger partial charge in [-0.15, -0.1) is 0 Å². The van der Waals surface area contributed by atoms with Crippen LogP contribution < -0.4 is 10.1 Å². The summed E-state index contributed by atoms with van der Waals surface area (Å²) in [5.41, 5.74) is 1.48. The highest BCUT2D eigenvalue weighted by Gasteiger charge is 2.11. The van der Waals surface area contributed by atoms with E-state index in [0.717, 1.165) is 18.7 Å². The summed E-state index contributed by atoms with van der Waals surface area (Å²) in [6.45, 7) is 10.4. The number of hydrogen-bond donors (Lipinski definition) is 2. The lowest BCUT2D eigenvalue weighted by Crippen LogP contribution is -2.36. The van der Waals surface area contributed by atoms with Crippen LogP contribution in [0.15, 0.2) is 24.3 Å². The van der Waals surface area contributed by atoms with Crippen LogP contribution in [0.2, 0.25) is 0 Å². The van der Waals surface area contributed by atoms with E-state index in [0.29, 0.717) is 13.2 Å². The Morgan fingerprint density at radius 3 is 2.68 bits per heavy atom. The van der Waals surface area contributed by atoms with Crippen LogP contribution in [0.3, 0.4) is 0 Å².